The second-order valence-electron chi connectivity index (χ2n) is 3.86. The van der Waals surface area contributed by atoms with Gasteiger partial charge in [0.1, 0.15) is 0 Å². The Balaban J connectivity index is 2.99. The molecule has 0 spiro atoms. The summed E-state index contributed by atoms with van der Waals surface area (Å²) in [6, 6.07) is 0. The number of H-pyrrole nitrogens is 1. The normalized spacial score (nSPS) is 10.4. The van der Waals surface area contributed by atoms with Gasteiger partial charge in [-0.3, -0.25) is 4.98 Å². The standard InChI is InChI=1S/C9H11N5/c1-9(2,3)14-8-12-6(10-4)7(11-5)13-8/h1-3H3,(H2,12,13,14). The molecule has 0 fully saturated rings. The molecule has 1 aromatic heterocycles. The van der Waals surface area contributed by atoms with E-state index in [-0.39, 0.29) is 17.2 Å². The van der Waals surface area contributed by atoms with Gasteiger partial charge in [0.25, 0.3) is 11.6 Å². The Hall–Kier alpha value is -2.01. The molecule has 0 unspecified atom stereocenters. The van der Waals surface area contributed by atoms with Crippen molar-refractivity contribution in [2.75, 3.05) is 5.32 Å². The average molecular weight is 189 g/mol. The van der Waals surface area contributed by atoms with E-state index in [0.29, 0.717) is 5.95 Å². The summed E-state index contributed by atoms with van der Waals surface area (Å²) in [5, 5.41) is 3.06. The molecule has 5 heteroatoms. The molecule has 2 N–H and O–H groups in total. The Morgan fingerprint density at radius 2 is 1.93 bits per heavy atom. The summed E-state index contributed by atoms with van der Waals surface area (Å²) in [4.78, 5) is 13.0. The number of nitrogens with one attached hydrogen (secondary N) is 2. The Morgan fingerprint density at radius 3 is 2.29 bits per heavy atom. The summed E-state index contributed by atoms with van der Waals surface area (Å²) in [6.07, 6.45) is 0. The Morgan fingerprint density at radius 1 is 1.29 bits per heavy atom. The lowest BCUT2D eigenvalue weighted by molar-refractivity contribution is 0.628. The van der Waals surface area contributed by atoms with Gasteiger partial charge in [0.05, 0.1) is 0 Å². The van der Waals surface area contributed by atoms with Crippen LogP contribution in [0.1, 0.15) is 20.8 Å². The maximum atomic E-state index is 6.81. The number of hydrogen-bond acceptors (Lipinski definition) is 2. The predicted octanol–water partition coefficient (Wildman–Crippen LogP) is 2.72. The van der Waals surface area contributed by atoms with Crippen molar-refractivity contribution in [3.8, 4) is 0 Å². The monoisotopic (exact) mass is 189 g/mol. The van der Waals surface area contributed by atoms with Crippen LogP contribution in [0.3, 0.4) is 0 Å². The van der Waals surface area contributed by atoms with Crippen LogP contribution in [0.5, 0.6) is 0 Å². The molecule has 0 saturated carbocycles. The van der Waals surface area contributed by atoms with Gasteiger partial charge in [-0.05, 0) is 20.8 Å². The first-order valence-corrected chi connectivity index (χ1v) is 4.09. The molecule has 14 heavy (non-hydrogen) atoms. The second kappa shape index (κ2) is 3.39. The van der Waals surface area contributed by atoms with Crippen LogP contribution < -0.4 is 5.32 Å². The van der Waals surface area contributed by atoms with Crippen molar-refractivity contribution in [2.24, 2.45) is 0 Å². The van der Waals surface area contributed by atoms with Gasteiger partial charge < -0.3 is 15.0 Å². The lowest BCUT2D eigenvalue weighted by Gasteiger charge is -2.16. The van der Waals surface area contributed by atoms with Crippen molar-refractivity contribution in [1.82, 2.24) is 9.97 Å². The molecule has 0 radical (unpaired) electrons. The van der Waals surface area contributed by atoms with Crippen LogP contribution in [0.4, 0.5) is 17.6 Å². The van der Waals surface area contributed by atoms with Crippen LogP contribution in [0.15, 0.2) is 0 Å². The summed E-state index contributed by atoms with van der Waals surface area (Å²) in [6.45, 7) is 19.5. The largest absolute Gasteiger partial charge is 0.373 e. The first-order valence-electron chi connectivity index (χ1n) is 4.09. The van der Waals surface area contributed by atoms with E-state index in [2.05, 4.69) is 25.0 Å². The third kappa shape index (κ3) is 2.24. The Bertz CT molecular complexity index is 378. The first-order chi connectivity index (χ1) is 6.46. The quantitative estimate of drug-likeness (QED) is 0.667. The summed E-state index contributed by atoms with van der Waals surface area (Å²) in [7, 11) is 0. The maximum absolute atomic E-state index is 6.81. The van der Waals surface area contributed by atoms with Crippen LogP contribution in [-0.4, -0.2) is 15.5 Å². The Kier molecular flexibility index (Phi) is 2.44. The van der Waals surface area contributed by atoms with E-state index < -0.39 is 0 Å². The number of nitrogens with zero attached hydrogens (tertiary/aromatic N) is 3. The molecule has 1 aromatic rings. The molecule has 0 aliphatic rings. The van der Waals surface area contributed by atoms with Crippen LogP contribution in [0.25, 0.3) is 9.69 Å². The van der Waals surface area contributed by atoms with Gasteiger partial charge in [-0.1, -0.05) is 18.1 Å². The van der Waals surface area contributed by atoms with Gasteiger partial charge in [-0.2, -0.15) is 0 Å². The van der Waals surface area contributed by atoms with E-state index in [1.807, 2.05) is 20.8 Å². The fraction of sp³-hybridized carbons (Fsp3) is 0.444. The summed E-state index contributed by atoms with van der Waals surface area (Å²) < 4.78 is 0. The average Bonchev–Trinajstić information content (AvgIpc) is 2.43. The Labute approximate surface area is 82.8 Å². The zero-order valence-corrected chi connectivity index (χ0v) is 8.34. The molecular weight excluding hydrogens is 178 g/mol. The lowest BCUT2D eigenvalue weighted by atomic mass is 10.1. The fourth-order valence-corrected chi connectivity index (χ4v) is 0.925. The molecule has 5 nitrogen and oxygen atoms in total. The zero-order valence-electron chi connectivity index (χ0n) is 8.34. The number of anilines is 1. The van der Waals surface area contributed by atoms with E-state index in [1.54, 1.807) is 0 Å². The van der Waals surface area contributed by atoms with Crippen molar-refractivity contribution in [2.45, 2.75) is 26.3 Å². The SMILES string of the molecule is [C-]#[N+]c1nc(NC(C)(C)C)[nH]c1[N+]#[C-]. The van der Waals surface area contributed by atoms with Gasteiger partial charge in [0, 0.05) is 5.54 Å². The molecule has 0 saturated heterocycles. The molecule has 0 amide bonds. The number of hydrogen-bond donors (Lipinski definition) is 2. The summed E-state index contributed by atoms with van der Waals surface area (Å²) in [5.41, 5.74) is -0.142. The van der Waals surface area contributed by atoms with E-state index in [0.717, 1.165) is 0 Å². The molecular formula is C9H11N5. The van der Waals surface area contributed by atoms with Crippen molar-refractivity contribution >= 4 is 17.6 Å². The van der Waals surface area contributed by atoms with Gasteiger partial charge in [-0.25, -0.2) is 0 Å². The minimum absolute atomic E-state index is 0.117. The molecule has 72 valence electrons. The molecule has 0 bridgehead atoms. The number of aromatic nitrogens is 2. The van der Waals surface area contributed by atoms with Gasteiger partial charge in [0.2, 0.25) is 0 Å². The number of rotatable bonds is 1. The van der Waals surface area contributed by atoms with E-state index in [1.165, 1.54) is 0 Å². The van der Waals surface area contributed by atoms with Crippen LogP contribution in [0.2, 0.25) is 0 Å². The van der Waals surface area contributed by atoms with Crippen LogP contribution >= 0.6 is 0 Å². The van der Waals surface area contributed by atoms with Crippen molar-refractivity contribution < 1.29 is 0 Å². The maximum Gasteiger partial charge on any atom is 0.369 e. The third-order valence-corrected chi connectivity index (χ3v) is 1.38. The third-order valence-electron chi connectivity index (χ3n) is 1.38. The highest BCUT2D eigenvalue weighted by molar-refractivity contribution is 5.65. The highest BCUT2D eigenvalue weighted by Crippen LogP contribution is 2.27. The predicted molar refractivity (Wildman–Crippen MR) is 54.5 cm³/mol. The minimum Gasteiger partial charge on any atom is -0.373 e. The zero-order chi connectivity index (χ0) is 10.8. The highest BCUT2D eigenvalue weighted by Gasteiger charge is 2.19. The van der Waals surface area contributed by atoms with Crippen LogP contribution in [0, 0.1) is 13.1 Å². The molecule has 0 atom stereocenters. The van der Waals surface area contributed by atoms with Gasteiger partial charge in [0.15, 0.2) is 0 Å². The van der Waals surface area contributed by atoms with Crippen molar-refractivity contribution in [1.29, 1.82) is 0 Å². The van der Waals surface area contributed by atoms with E-state index in [4.69, 9.17) is 13.1 Å². The van der Waals surface area contributed by atoms with Crippen molar-refractivity contribution in [3.05, 3.63) is 22.8 Å². The molecule has 0 aliphatic carbocycles. The fourth-order valence-electron chi connectivity index (χ4n) is 0.925. The lowest BCUT2D eigenvalue weighted by Crippen LogP contribution is -2.26. The minimum atomic E-state index is -0.142. The second-order valence-corrected chi connectivity index (χ2v) is 3.86. The van der Waals surface area contributed by atoms with E-state index >= 15 is 0 Å². The molecule has 1 rings (SSSR count). The van der Waals surface area contributed by atoms with E-state index in [9.17, 15) is 0 Å². The number of aromatic amines is 1. The smallest absolute Gasteiger partial charge is 0.369 e. The molecule has 0 aromatic carbocycles. The molecule has 1 heterocycles. The van der Waals surface area contributed by atoms with Crippen LogP contribution in [-0.2, 0) is 0 Å². The molecule has 0 aliphatic heterocycles. The topological polar surface area (TPSA) is 49.4 Å². The van der Waals surface area contributed by atoms with Crippen molar-refractivity contribution in [3.63, 3.8) is 0 Å². The highest BCUT2D eigenvalue weighted by atomic mass is 15.2. The first kappa shape index (κ1) is 10.1. The van der Waals surface area contributed by atoms with Gasteiger partial charge >= 0.3 is 5.95 Å². The van der Waals surface area contributed by atoms with Gasteiger partial charge in [-0.15, -0.1) is 0 Å². The summed E-state index contributed by atoms with van der Waals surface area (Å²) in [5.74, 6) is 0.771. The summed E-state index contributed by atoms with van der Waals surface area (Å²) >= 11 is 0. The number of imidazole rings is 1.